The summed E-state index contributed by atoms with van der Waals surface area (Å²) in [5.74, 6) is -1.76. The highest BCUT2D eigenvalue weighted by atomic mass is 19.1. The van der Waals surface area contributed by atoms with Crippen molar-refractivity contribution < 1.29 is 19.1 Å². The Labute approximate surface area is 103 Å². The second-order valence-corrected chi connectivity index (χ2v) is 4.15. The molecule has 1 aromatic rings. The van der Waals surface area contributed by atoms with Crippen LogP contribution in [0.15, 0.2) is 29.5 Å². The van der Waals surface area contributed by atoms with Crippen LogP contribution in [0.4, 0.5) is 10.1 Å². The smallest absolute Gasteiger partial charge is 0.335 e. The molecule has 0 bridgehead atoms. The molecule has 1 aliphatic rings. The number of carbonyl (C=O) groups is 2. The van der Waals surface area contributed by atoms with Crippen molar-refractivity contribution in [3.63, 3.8) is 0 Å². The Hall–Kier alpha value is -2.17. The minimum atomic E-state index is -1.17. The number of halogens is 1. The monoisotopic (exact) mass is 249 g/mol. The average Bonchev–Trinajstić information content (AvgIpc) is 2.63. The molecule has 1 aliphatic carbocycles. The summed E-state index contributed by atoms with van der Waals surface area (Å²) in [6.45, 7) is 1.70. The summed E-state index contributed by atoms with van der Waals surface area (Å²) >= 11 is 0. The molecule has 0 heterocycles. The van der Waals surface area contributed by atoms with E-state index in [4.69, 9.17) is 5.11 Å². The highest BCUT2D eigenvalue weighted by Gasteiger charge is 2.20. The molecule has 0 fully saturated rings. The van der Waals surface area contributed by atoms with E-state index in [-0.39, 0.29) is 17.0 Å². The molecule has 0 atom stereocenters. The van der Waals surface area contributed by atoms with Gasteiger partial charge in [-0.1, -0.05) is 0 Å². The van der Waals surface area contributed by atoms with Crippen molar-refractivity contribution in [3.05, 3.63) is 40.8 Å². The summed E-state index contributed by atoms with van der Waals surface area (Å²) in [6.07, 6.45) is 0.994. The summed E-state index contributed by atoms with van der Waals surface area (Å²) in [5.41, 5.74) is 1.38. The lowest BCUT2D eigenvalue weighted by molar-refractivity contribution is -0.114. The molecule has 4 nitrogen and oxygen atoms in total. The predicted octanol–water partition coefficient (Wildman–Crippen LogP) is 2.57. The normalized spacial score (nSPS) is 15.1. The molecule has 2 N–H and O–H groups in total. The second kappa shape index (κ2) is 4.60. The lowest BCUT2D eigenvalue weighted by Crippen LogP contribution is -2.03. The molecule has 0 amide bonds. The number of rotatable bonds is 3. The van der Waals surface area contributed by atoms with Gasteiger partial charge in [0.2, 0.25) is 0 Å². The zero-order chi connectivity index (χ0) is 13.3. The number of benzene rings is 1. The molecule has 0 saturated heterocycles. The Morgan fingerprint density at radius 2 is 2.11 bits per heavy atom. The summed E-state index contributed by atoms with van der Waals surface area (Å²) < 4.78 is 13.7. The first-order valence-corrected chi connectivity index (χ1v) is 5.52. The average molecular weight is 249 g/mol. The van der Waals surface area contributed by atoms with Gasteiger partial charge in [-0.05, 0) is 31.5 Å². The van der Waals surface area contributed by atoms with Gasteiger partial charge in [-0.2, -0.15) is 0 Å². The highest BCUT2D eigenvalue weighted by Crippen LogP contribution is 2.26. The van der Waals surface area contributed by atoms with Crippen LogP contribution in [-0.2, 0) is 4.79 Å². The summed E-state index contributed by atoms with van der Waals surface area (Å²) in [5, 5.41) is 11.6. The maximum absolute atomic E-state index is 13.7. The molecule has 0 unspecified atom stereocenters. The fraction of sp³-hybridized carbons (Fsp3) is 0.231. The largest absolute Gasteiger partial charge is 0.478 e. The van der Waals surface area contributed by atoms with Crippen LogP contribution in [0.25, 0.3) is 0 Å². The first kappa shape index (κ1) is 12.3. The van der Waals surface area contributed by atoms with E-state index in [1.807, 2.05) is 0 Å². The van der Waals surface area contributed by atoms with Crippen molar-refractivity contribution in [3.8, 4) is 0 Å². The van der Waals surface area contributed by atoms with E-state index < -0.39 is 11.8 Å². The Morgan fingerprint density at radius 1 is 1.39 bits per heavy atom. The quantitative estimate of drug-likeness (QED) is 0.864. The van der Waals surface area contributed by atoms with E-state index in [2.05, 4.69) is 5.32 Å². The van der Waals surface area contributed by atoms with Gasteiger partial charge in [-0.3, -0.25) is 4.79 Å². The maximum atomic E-state index is 13.7. The molecular formula is C13H12FNO3. The van der Waals surface area contributed by atoms with Gasteiger partial charge in [0.1, 0.15) is 5.82 Å². The number of nitrogens with one attached hydrogen (secondary N) is 1. The topological polar surface area (TPSA) is 66.4 Å². The fourth-order valence-corrected chi connectivity index (χ4v) is 1.85. The van der Waals surface area contributed by atoms with Crippen molar-refractivity contribution in [2.75, 3.05) is 5.32 Å². The lowest BCUT2D eigenvalue weighted by Gasteiger charge is -2.09. The predicted molar refractivity (Wildman–Crippen MR) is 63.9 cm³/mol. The van der Waals surface area contributed by atoms with Crippen molar-refractivity contribution in [2.24, 2.45) is 0 Å². The van der Waals surface area contributed by atoms with Crippen LogP contribution in [0.2, 0.25) is 0 Å². The summed E-state index contributed by atoms with van der Waals surface area (Å²) in [4.78, 5) is 22.0. The summed E-state index contributed by atoms with van der Waals surface area (Å²) in [6, 6.07) is 3.64. The highest BCUT2D eigenvalue weighted by molar-refractivity contribution is 5.98. The van der Waals surface area contributed by atoms with Gasteiger partial charge in [-0.15, -0.1) is 0 Å². The number of ketones is 1. The number of hydrogen-bond acceptors (Lipinski definition) is 3. The first-order valence-electron chi connectivity index (χ1n) is 5.52. The third kappa shape index (κ3) is 2.25. The van der Waals surface area contributed by atoms with Gasteiger partial charge in [-0.25, -0.2) is 9.18 Å². The van der Waals surface area contributed by atoms with Gasteiger partial charge in [0.25, 0.3) is 0 Å². The van der Waals surface area contributed by atoms with Crippen LogP contribution < -0.4 is 5.32 Å². The third-order valence-corrected chi connectivity index (χ3v) is 2.97. The van der Waals surface area contributed by atoms with Crippen molar-refractivity contribution in [1.82, 2.24) is 0 Å². The van der Waals surface area contributed by atoms with Gasteiger partial charge in [0.15, 0.2) is 5.78 Å². The molecular weight excluding hydrogens is 237 g/mol. The minimum Gasteiger partial charge on any atom is -0.478 e. The first-order chi connectivity index (χ1) is 8.49. The standard InChI is InChI=1S/C13H12FNO3/c1-7-10(4-5-12(7)16)15-11-3-2-8(13(17)18)6-9(11)14/h2-3,6,15H,4-5H2,1H3,(H,17,18). The van der Waals surface area contributed by atoms with Crippen LogP contribution in [0.3, 0.4) is 0 Å². The molecule has 0 radical (unpaired) electrons. The number of allylic oxidation sites excluding steroid dienone is 2. The van der Waals surface area contributed by atoms with Gasteiger partial charge in [0, 0.05) is 17.7 Å². The molecule has 0 aromatic heterocycles. The molecule has 5 heteroatoms. The lowest BCUT2D eigenvalue weighted by atomic mass is 10.2. The van der Waals surface area contributed by atoms with Crippen LogP contribution in [0, 0.1) is 5.82 Å². The molecule has 0 aliphatic heterocycles. The van der Waals surface area contributed by atoms with E-state index in [1.54, 1.807) is 6.92 Å². The molecule has 0 spiro atoms. The van der Waals surface area contributed by atoms with E-state index in [1.165, 1.54) is 12.1 Å². The summed E-state index contributed by atoms with van der Waals surface area (Å²) in [7, 11) is 0. The van der Waals surface area contributed by atoms with E-state index >= 15 is 0 Å². The SMILES string of the molecule is CC1=C(Nc2ccc(C(=O)O)cc2F)CCC1=O. The fourth-order valence-electron chi connectivity index (χ4n) is 1.85. The minimum absolute atomic E-state index is 0.0556. The van der Waals surface area contributed by atoms with Gasteiger partial charge in [0.05, 0.1) is 11.3 Å². The van der Waals surface area contributed by atoms with Crippen molar-refractivity contribution in [2.45, 2.75) is 19.8 Å². The van der Waals surface area contributed by atoms with E-state index in [9.17, 15) is 14.0 Å². The van der Waals surface area contributed by atoms with Crippen LogP contribution >= 0.6 is 0 Å². The number of carboxylic acids is 1. The number of aromatic carboxylic acids is 1. The second-order valence-electron chi connectivity index (χ2n) is 4.15. The van der Waals surface area contributed by atoms with Crippen molar-refractivity contribution in [1.29, 1.82) is 0 Å². The Morgan fingerprint density at radius 3 is 2.61 bits per heavy atom. The van der Waals surface area contributed by atoms with Gasteiger partial charge >= 0.3 is 5.97 Å². The van der Waals surface area contributed by atoms with Crippen LogP contribution in [-0.4, -0.2) is 16.9 Å². The molecule has 18 heavy (non-hydrogen) atoms. The number of carbonyl (C=O) groups excluding carboxylic acids is 1. The number of hydrogen-bond donors (Lipinski definition) is 2. The molecule has 2 rings (SSSR count). The van der Waals surface area contributed by atoms with Crippen molar-refractivity contribution >= 4 is 17.4 Å². The molecule has 0 saturated carbocycles. The third-order valence-electron chi connectivity index (χ3n) is 2.97. The Balaban J connectivity index is 2.26. The Bertz CT molecular complexity index is 563. The number of carboxylic acid groups (broad SMARTS) is 1. The van der Waals surface area contributed by atoms with Gasteiger partial charge < -0.3 is 10.4 Å². The number of anilines is 1. The molecule has 94 valence electrons. The van der Waals surface area contributed by atoms with E-state index in [0.29, 0.717) is 24.1 Å². The van der Waals surface area contributed by atoms with E-state index in [0.717, 1.165) is 6.07 Å². The van der Waals surface area contributed by atoms with Crippen LogP contribution in [0.5, 0.6) is 0 Å². The zero-order valence-corrected chi connectivity index (χ0v) is 9.79. The maximum Gasteiger partial charge on any atom is 0.335 e. The molecule has 1 aromatic carbocycles. The zero-order valence-electron chi connectivity index (χ0n) is 9.79. The van der Waals surface area contributed by atoms with Crippen LogP contribution in [0.1, 0.15) is 30.1 Å². The number of Topliss-reactive ketones (excluding diaryl/α,β-unsaturated/α-hetero) is 1. The Kier molecular flexibility index (Phi) is 3.14.